The van der Waals surface area contributed by atoms with Crippen LogP contribution in [0.25, 0.3) is 0 Å². The molecule has 0 heterocycles. The standard InChI is InChI=1S/2C12H27O2PS2.Ca/c2*1-3-5-7-9-11-14-15(13,16)17-12-10-8-6-4-2;/h2*3-12H2,1-2H3,(H,13,16);/q;;+2/p-2. The monoisotopic (exact) mass is 634 g/mol. The van der Waals surface area contributed by atoms with E-state index in [2.05, 4.69) is 27.7 Å². The maximum atomic E-state index is 11.8. The fraction of sp³-hybridized carbons (Fsp3) is 1.00. The van der Waals surface area contributed by atoms with Crippen LogP contribution in [0.2, 0.25) is 0 Å². The molecular weight excluding hydrogens is 583 g/mol. The fourth-order valence-electron chi connectivity index (χ4n) is 2.90. The second kappa shape index (κ2) is 31.6. The molecule has 0 saturated carbocycles. The quantitative estimate of drug-likeness (QED) is 0.0594. The molecule has 0 fully saturated rings. The normalized spacial score (nSPS) is 14.3. The third-order valence-corrected chi connectivity index (χ3v) is 13.7. The van der Waals surface area contributed by atoms with Crippen LogP contribution in [0.1, 0.15) is 130 Å². The summed E-state index contributed by atoms with van der Waals surface area (Å²) in [6.07, 6.45) is 18.6. The van der Waals surface area contributed by atoms with Gasteiger partial charge in [0.1, 0.15) is 0 Å². The molecular formula is C24H52CaO4P2S4. The van der Waals surface area contributed by atoms with Gasteiger partial charge in [-0.1, -0.05) is 128 Å². The van der Waals surface area contributed by atoms with Gasteiger partial charge in [0.2, 0.25) is 0 Å². The van der Waals surface area contributed by atoms with Gasteiger partial charge in [-0.05, 0) is 37.2 Å². The molecule has 0 amide bonds. The third kappa shape index (κ3) is 37.1. The first kappa shape index (κ1) is 42.6. The summed E-state index contributed by atoms with van der Waals surface area (Å²) in [5.41, 5.74) is -5.58. The van der Waals surface area contributed by atoms with Crippen molar-refractivity contribution in [2.45, 2.75) is 130 Å². The summed E-state index contributed by atoms with van der Waals surface area (Å²) in [4.78, 5) is 23.7. The molecule has 0 aliphatic carbocycles. The van der Waals surface area contributed by atoms with Gasteiger partial charge in [-0.2, -0.15) is 0 Å². The molecule has 0 aromatic carbocycles. The zero-order valence-corrected chi connectivity index (χ0v) is 30.3. The maximum Gasteiger partial charge on any atom is 2.00 e. The van der Waals surface area contributed by atoms with Crippen LogP contribution in [0, 0.1) is 0 Å². The van der Waals surface area contributed by atoms with Gasteiger partial charge in [0.05, 0.1) is 13.2 Å². The number of hydrogen-bond donors (Lipinski definition) is 0. The van der Waals surface area contributed by atoms with Crippen molar-refractivity contribution in [1.82, 2.24) is 0 Å². The van der Waals surface area contributed by atoms with Crippen molar-refractivity contribution in [3.8, 4) is 0 Å². The Bertz CT molecular complexity index is 440. The molecule has 35 heavy (non-hydrogen) atoms. The molecule has 0 N–H and O–H groups in total. The molecule has 0 spiro atoms. The Balaban J connectivity index is -0.000000569. The van der Waals surface area contributed by atoms with Crippen molar-refractivity contribution in [2.75, 3.05) is 24.7 Å². The second-order valence-corrected chi connectivity index (χ2v) is 20.8. The predicted octanol–water partition coefficient (Wildman–Crippen LogP) is 8.58. The van der Waals surface area contributed by atoms with Gasteiger partial charge in [0.25, 0.3) is 0 Å². The van der Waals surface area contributed by atoms with Crippen LogP contribution in [0.5, 0.6) is 0 Å². The Morgan fingerprint density at radius 2 is 0.800 bits per heavy atom. The Labute approximate surface area is 266 Å². The van der Waals surface area contributed by atoms with Crippen LogP contribution in [0.4, 0.5) is 0 Å². The summed E-state index contributed by atoms with van der Waals surface area (Å²) >= 11 is 12.7. The van der Waals surface area contributed by atoms with Gasteiger partial charge in [-0.3, -0.25) is 0 Å². The van der Waals surface area contributed by atoms with Gasteiger partial charge in [-0.25, -0.2) is 0 Å². The first-order valence-corrected chi connectivity index (χ1v) is 21.9. The van der Waals surface area contributed by atoms with E-state index in [0.29, 0.717) is 13.2 Å². The van der Waals surface area contributed by atoms with Crippen molar-refractivity contribution in [3.05, 3.63) is 0 Å². The minimum atomic E-state index is -2.79. The van der Waals surface area contributed by atoms with Gasteiger partial charge >= 0.3 is 37.7 Å². The summed E-state index contributed by atoms with van der Waals surface area (Å²) in [7, 11) is 0. The summed E-state index contributed by atoms with van der Waals surface area (Å²) in [5.74, 6) is 1.74. The van der Waals surface area contributed by atoms with Crippen LogP contribution < -0.4 is 9.79 Å². The molecule has 2 atom stereocenters. The Morgan fingerprint density at radius 1 is 0.514 bits per heavy atom. The van der Waals surface area contributed by atoms with E-state index in [1.807, 2.05) is 0 Å². The van der Waals surface area contributed by atoms with Crippen molar-refractivity contribution in [1.29, 1.82) is 0 Å². The van der Waals surface area contributed by atoms with Gasteiger partial charge in [0, 0.05) is 11.4 Å². The molecule has 4 nitrogen and oxygen atoms in total. The average Bonchev–Trinajstić information content (AvgIpc) is 2.79. The summed E-state index contributed by atoms with van der Waals surface area (Å²) in [6.45, 7) is 9.83. The molecule has 0 radical (unpaired) electrons. The van der Waals surface area contributed by atoms with E-state index in [4.69, 9.17) is 32.7 Å². The van der Waals surface area contributed by atoms with Gasteiger partial charge < -0.3 is 18.8 Å². The topological polar surface area (TPSA) is 64.6 Å². The number of hydrogen-bond acceptors (Lipinski definition) is 8. The van der Waals surface area contributed by atoms with Gasteiger partial charge in [0.15, 0.2) is 0 Å². The van der Waals surface area contributed by atoms with Crippen LogP contribution in [-0.4, -0.2) is 62.5 Å². The summed E-state index contributed by atoms with van der Waals surface area (Å²) in [6, 6.07) is 0. The molecule has 0 aliphatic heterocycles. The van der Waals surface area contributed by atoms with Crippen LogP contribution in [0.3, 0.4) is 0 Å². The Kier molecular flexibility index (Phi) is 38.5. The first-order chi connectivity index (χ1) is 16.2. The zero-order chi connectivity index (χ0) is 26.0. The largest absolute Gasteiger partial charge is 2.00 e. The minimum Gasteiger partial charge on any atom is -0.793 e. The van der Waals surface area contributed by atoms with E-state index >= 15 is 0 Å². The Morgan fingerprint density at radius 3 is 1.09 bits per heavy atom. The van der Waals surface area contributed by atoms with Crippen molar-refractivity contribution in [3.63, 3.8) is 0 Å². The molecule has 0 bridgehead atoms. The maximum absolute atomic E-state index is 11.8. The third-order valence-electron chi connectivity index (χ3n) is 4.99. The molecule has 0 saturated heterocycles. The van der Waals surface area contributed by atoms with Crippen molar-refractivity contribution < 1.29 is 18.8 Å². The summed E-state index contributed by atoms with van der Waals surface area (Å²) < 4.78 is 10.6. The Hall–Kier alpha value is 3.10. The molecule has 0 aromatic heterocycles. The second-order valence-electron chi connectivity index (χ2n) is 8.47. The first-order valence-electron chi connectivity index (χ1n) is 13.4. The number of rotatable bonds is 24. The van der Waals surface area contributed by atoms with Crippen LogP contribution >= 0.6 is 34.2 Å². The summed E-state index contributed by atoms with van der Waals surface area (Å²) in [5, 5.41) is 0. The average molecular weight is 635 g/mol. The van der Waals surface area contributed by atoms with Crippen molar-refractivity contribution >= 4 is 95.5 Å². The predicted molar refractivity (Wildman–Crippen MR) is 168 cm³/mol. The van der Waals surface area contributed by atoms with Crippen molar-refractivity contribution in [2.24, 2.45) is 0 Å². The van der Waals surface area contributed by atoms with E-state index in [-0.39, 0.29) is 37.7 Å². The van der Waals surface area contributed by atoms with Crippen LogP contribution in [-0.2, 0) is 32.7 Å². The molecule has 0 aromatic rings. The molecule has 0 aliphatic rings. The van der Waals surface area contributed by atoms with E-state index in [1.54, 1.807) is 0 Å². The molecule has 0 rings (SSSR count). The zero-order valence-electron chi connectivity index (χ0n) is 23.0. The SMILES string of the molecule is CCCCCCOP([O-])(=S)SCCCCCC.CCCCCCOP([O-])(=S)SCCCCCC.[Ca+2]. The number of unbranched alkanes of at least 4 members (excludes halogenated alkanes) is 12. The fourth-order valence-corrected chi connectivity index (χ4v) is 9.66. The minimum absolute atomic E-state index is 0. The van der Waals surface area contributed by atoms with E-state index < -0.39 is 11.4 Å². The van der Waals surface area contributed by atoms with Crippen LogP contribution in [0.15, 0.2) is 0 Å². The molecule has 208 valence electrons. The molecule has 11 heteroatoms. The smallest absolute Gasteiger partial charge is 0.793 e. The van der Waals surface area contributed by atoms with E-state index in [0.717, 1.165) is 50.0 Å². The van der Waals surface area contributed by atoms with E-state index in [9.17, 15) is 9.79 Å². The van der Waals surface area contributed by atoms with Gasteiger partial charge in [-0.15, -0.1) is 22.8 Å². The van der Waals surface area contributed by atoms with E-state index in [1.165, 1.54) is 87.0 Å². The molecule has 2 unspecified atom stereocenters.